The Morgan fingerprint density at radius 1 is 1.10 bits per heavy atom. The second-order valence-corrected chi connectivity index (χ2v) is 6.82. The molecule has 3 rings (SSSR count). The highest BCUT2D eigenvalue weighted by molar-refractivity contribution is 6.11. The average molecular weight is 422 g/mol. The van der Waals surface area contributed by atoms with E-state index in [0.717, 1.165) is 10.8 Å². The molecule has 0 spiro atoms. The summed E-state index contributed by atoms with van der Waals surface area (Å²) in [5.74, 6) is -1.84. The van der Waals surface area contributed by atoms with Crippen molar-refractivity contribution in [3.63, 3.8) is 0 Å². The monoisotopic (exact) mass is 422 g/mol. The SMILES string of the molecule is CC1(c2cccc3ccccc23)NC(=O)N(CC(=O)NC(=O)NCC(F)(F)F)C1=O. The van der Waals surface area contributed by atoms with E-state index in [4.69, 9.17) is 0 Å². The predicted molar refractivity (Wildman–Crippen MR) is 99.1 cm³/mol. The number of urea groups is 2. The molecule has 2 aromatic carbocycles. The lowest BCUT2D eigenvalue weighted by Gasteiger charge is -2.24. The van der Waals surface area contributed by atoms with Gasteiger partial charge in [0.15, 0.2) is 0 Å². The number of benzene rings is 2. The van der Waals surface area contributed by atoms with E-state index in [0.29, 0.717) is 10.5 Å². The zero-order chi connectivity index (χ0) is 22.1. The number of nitrogens with one attached hydrogen (secondary N) is 3. The van der Waals surface area contributed by atoms with Gasteiger partial charge >= 0.3 is 18.2 Å². The van der Waals surface area contributed by atoms with Crippen LogP contribution in [-0.2, 0) is 15.1 Å². The number of alkyl halides is 3. The van der Waals surface area contributed by atoms with Gasteiger partial charge in [-0.25, -0.2) is 9.59 Å². The van der Waals surface area contributed by atoms with Crippen molar-refractivity contribution < 1.29 is 32.3 Å². The van der Waals surface area contributed by atoms with Gasteiger partial charge in [-0.1, -0.05) is 42.5 Å². The third kappa shape index (κ3) is 4.19. The predicted octanol–water partition coefficient (Wildman–Crippen LogP) is 1.99. The number of fused-ring (bicyclic) bond motifs is 1. The van der Waals surface area contributed by atoms with E-state index < -0.39 is 48.7 Å². The Labute approximate surface area is 168 Å². The standard InChI is InChI=1S/C19H17F3N4O4/c1-18(13-8-4-6-11-5-2-3-7-12(11)13)15(28)26(17(30)25-18)9-14(27)24-16(29)23-10-19(20,21)22/h2-8H,9-10H2,1H3,(H,25,30)(H2,23,24,27,29). The second kappa shape index (κ2) is 7.65. The molecule has 0 bridgehead atoms. The minimum atomic E-state index is -4.65. The van der Waals surface area contributed by atoms with Crippen LogP contribution in [0.4, 0.5) is 22.8 Å². The number of imide groups is 2. The molecule has 1 unspecified atom stereocenters. The summed E-state index contributed by atoms with van der Waals surface area (Å²) in [4.78, 5) is 49.3. The van der Waals surface area contributed by atoms with Crippen LogP contribution in [0.3, 0.4) is 0 Å². The van der Waals surface area contributed by atoms with E-state index in [1.165, 1.54) is 12.2 Å². The largest absolute Gasteiger partial charge is 0.405 e. The summed E-state index contributed by atoms with van der Waals surface area (Å²) in [5.41, 5.74) is -0.943. The van der Waals surface area contributed by atoms with Gasteiger partial charge in [-0.15, -0.1) is 0 Å². The van der Waals surface area contributed by atoms with Crippen molar-refractivity contribution in [1.82, 2.24) is 20.9 Å². The van der Waals surface area contributed by atoms with Crippen LogP contribution in [-0.4, -0.2) is 48.0 Å². The summed E-state index contributed by atoms with van der Waals surface area (Å²) >= 11 is 0. The Bertz CT molecular complexity index is 1030. The maximum atomic E-state index is 13.0. The minimum Gasteiger partial charge on any atom is -0.329 e. The highest BCUT2D eigenvalue weighted by atomic mass is 19.4. The number of hydrogen-bond acceptors (Lipinski definition) is 4. The van der Waals surface area contributed by atoms with E-state index >= 15 is 0 Å². The number of carbonyl (C=O) groups excluding carboxylic acids is 4. The molecule has 3 N–H and O–H groups in total. The van der Waals surface area contributed by atoms with Crippen molar-refractivity contribution >= 4 is 34.6 Å². The topological polar surface area (TPSA) is 108 Å². The van der Waals surface area contributed by atoms with Gasteiger partial charge in [0.05, 0.1) is 0 Å². The Balaban J connectivity index is 1.74. The molecular formula is C19H17F3N4O4. The molecule has 1 aliphatic rings. The van der Waals surface area contributed by atoms with Crippen molar-refractivity contribution in [2.24, 2.45) is 0 Å². The first kappa shape index (κ1) is 21.1. The van der Waals surface area contributed by atoms with Crippen LogP contribution < -0.4 is 16.0 Å². The fourth-order valence-corrected chi connectivity index (χ4v) is 3.22. The average Bonchev–Trinajstić information content (AvgIpc) is 2.89. The van der Waals surface area contributed by atoms with Gasteiger partial charge in [-0.05, 0) is 23.3 Å². The number of halogens is 3. The second-order valence-electron chi connectivity index (χ2n) is 6.82. The molecule has 1 atom stereocenters. The summed E-state index contributed by atoms with van der Waals surface area (Å²) in [5, 5.41) is 7.24. The van der Waals surface area contributed by atoms with Crippen LogP contribution in [0, 0.1) is 0 Å². The van der Waals surface area contributed by atoms with Gasteiger partial charge < -0.3 is 10.6 Å². The van der Waals surface area contributed by atoms with Crippen LogP contribution in [0.15, 0.2) is 42.5 Å². The van der Waals surface area contributed by atoms with E-state index in [-0.39, 0.29) is 0 Å². The summed E-state index contributed by atoms with van der Waals surface area (Å²) in [6.07, 6.45) is -4.65. The fraction of sp³-hybridized carbons (Fsp3) is 0.263. The first-order chi connectivity index (χ1) is 14.0. The van der Waals surface area contributed by atoms with Gasteiger partial charge in [-0.2, -0.15) is 13.2 Å². The third-order valence-corrected chi connectivity index (χ3v) is 4.61. The maximum absolute atomic E-state index is 13.0. The van der Waals surface area contributed by atoms with E-state index in [9.17, 15) is 32.3 Å². The molecule has 0 radical (unpaired) electrons. The molecule has 1 fully saturated rings. The van der Waals surface area contributed by atoms with Gasteiger partial charge in [0.2, 0.25) is 5.91 Å². The van der Waals surface area contributed by atoms with E-state index in [2.05, 4.69) is 5.32 Å². The zero-order valence-electron chi connectivity index (χ0n) is 15.7. The smallest absolute Gasteiger partial charge is 0.329 e. The summed E-state index contributed by atoms with van der Waals surface area (Å²) < 4.78 is 36.3. The van der Waals surface area contributed by atoms with E-state index in [1.54, 1.807) is 29.6 Å². The first-order valence-electron chi connectivity index (χ1n) is 8.78. The van der Waals surface area contributed by atoms with Gasteiger partial charge in [-0.3, -0.25) is 19.8 Å². The highest BCUT2D eigenvalue weighted by Gasteiger charge is 2.50. The van der Waals surface area contributed by atoms with Crippen LogP contribution in [0.1, 0.15) is 12.5 Å². The lowest BCUT2D eigenvalue weighted by Crippen LogP contribution is -2.48. The zero-order valence-corrected chi connectivity index (χ0v) is 15.7. The number of nitrogens with zero attached hydrogens (tertiary/aromatic N) is 1. The van der Waals surface area contributed by atoms with Crippen molar-refractivity contribution in [3.8, 4) is 0 Å². The Morgan fingerprint density at radius 3 is 2.47 bits per heavy atom. The number of rotatable bonds is 4. The van der Waals surface area contributed by atoms with Gasteiger partial charge in [0.25, 0.3) is 5.91 Å². The Morgan fingerprint density at radius 2 is 1.77 bits per heavy atom. The molecule has 0 saturated carbocycles. The molecule has 0 aliphatic carbocycles. The molecule has 8 nitrogen and oxygen atoms in total. The van der Waals surface area contributed by atoms with Crippen molar-refractivity contribution in [3.05, 3.63) is 48.0 Å². The highest BCUT2D eigenvalue weighted by Crippen LogP contribution is 2.33. The van der Waals surface area contributed by atoms with Crippen molar-refractivity contribution in [1.29, 1.82) is 0 Å². The molecule has 158 valence electrons. The fourth-order valence-electron chi connectivity index (χ4n) is 3.22. The molecular weight excluding hydrogens is 405 g/mol. The van der Waals surface area contributed by atoms with E-state index in [1.807, 2.05) is 18.2 Å². The third-order valence-electron chi connectivity index (χ3n) is 4.61. The molecule has 11 heteroatoms. The normalized spacial score (nSPS) is 19.0. The van der Waals surface area contributed by atoms with Crippen LogP contribution in [0.5, 0.6) is 0 Å². The molecule has 6 amide bonds. The maximum Gasteiger partial charge on any atom is 0.405 e. The summed E-state index contributed by atoms with van der Waals surface area (Å²) in [7, 11) is 0. The molecule has 2 aromatic rings. The van der Waals surface area contributed by atoms with Gasteiger partial charge in [0, 0.05) is 0 Å². The lowest BCUT2D eigenvalue weighted by atomic mass is 9.88. The Hall–Kier alpha value is -3.63. The molecule has 1 saturated heterocycles. The van der Waals surface area contributed by atoms with Crippen molar-refractivity contribution in [2.45, 2.75) is 18.6 Å². The first-order valence-corrected chi connectivity index (χ1v) is 8.78. The number of carbonyl (C=O) groups is 4. The summed E-state index contributed by atoms with van der Waals surface area (Å²) in [6.45, 7) is -0.970. The molecule has 1 aliphatic heterocycles. The molecule has 0 aromatic heterocycles. The quantitative estimate of drug-likeness (QED) is 0.655. The minimum absolute atomic E-state index is 0.518. The lowest BCUT2D eigenvalue weighted by molar-refractivity contribution is -0.134. The summed E-state index contributed by atoms with van der Waals surface area (Å²) in [6, 6.07) is 10.2. The van der Waals surface area contributed by atoms with Crippen LogP contribution >= 0.6 is 0 Å². The molecule has 1 heterocycles. The van der Waals surface area contributed by atoms with Crippen LogP contribution in [0.2, 0.25) is 0 Å². The van der Waals surface area contributed by atoms with Crippen molar-refractivity contribution in [2.75, 3.05) is 13.1 Å². The molecule has 30 heavy (non-hydrogen) atoms. The van der Waals surface area contributed by atoms with Gasteiger partial charge in [0.1, 0.15) is 18.6 Å². The number of hydrogen-bond donors (Lipinski definition) is 3. The number of amides is 6. The van der Waals surface area contributed by atoms with Crippen LogP contribution in [0.25, 0.3) is 10.8 Å². The Kier molecular flexibility index (Phi) is 5.38.